The average molecular weight is 353 g/mol. The number of sulfone groups is 1. The van der Waals surface area contributed by atoms with Crippen LogP contribution in [0.1, 0.15) is 37.7 Å². The molecule has 1 amide bonds. The van der Waals surface area contributed by atoms with Crippen LogP contribution in [0.3, 0.4) is 0 Å². The Balaban J connectivity index is 1.58. The van der Waals surface area contributed by atoms with E-state index in [1.807, 2.05) is 30.3 Å². The SMILES string of the molecule is O=C(CCC1CCNCC1)NCCCS(=O)(=O)Cc1ccccc1. The summed E-state index contributed by atoms with van der Waals surface area (Å²) in [5, 5.41) is 6.16. The lowest BCUT2D eigenvalue weighted by atomic mass is 9.93. The Kier molecular flexibility index (Phi) is 7.72. The number of carbonyl (C=O) groups is 1. The number of benzene rings is 1. The maximum Gasteiger partial charge on any atom is 0.220 e. The van der Waals surface area contributed by atoms with Crippen LogP contribution >= 0.6 is 0 Å². The molecule has 1 saturated heterocycles. The summed E-state index contributed by atoms with van der Waals surface area (Å²) in [5.41, 5.74) is 0.809. The van der Waals surface area contributed by atoms with Gasteiger partial charge >= 0.3 is 0 Å². The van der Waals surface area contributed by atoms with E-state index in [9.17, 15) is 13.2 Å². The Morgan fingerprint density at radius 1 is 1.17 bits per heavy atom. The molecule has 1 heterocycles. The predicted molar refractivity (Wildman–Crippen MR) is 96.4 cm³/mol. The average Bonchev–Trinajstić information content (AvgIpc) is 2.58. The van der Waals surface area contributed by atoms with Crippen molar-refractivity contribution in [2.45, 2.75) is 37.9 Å². The van der Waals surface area contributed by atoms with Crippen LogP contribution in [0.25, 0.3) is 0 Å². The van der Waals surface area contributed by atoms with Gasteiger partial charge in [-0.25, -0.2) is 8.42 Å². The fourth-order valence-electron chi connectivity index (χ4n) is 3.01. The summed E-state index contributed by atoms with van der Waals surface area (Å²) in [7, 11) is -3.12. The molecule has 0 saturated carbocycles. The summed E-state index contributed by atoms with van der Waals surface area (Å²) in [6.07, 6.45) is 4.23. The van der Waals surface area contributed by atoms with E-state index in [0.29, 0.717) is 25.3 Å². The molecular formula is C18H28N2O3S. The first kappa shape index (κ1) is 18.9. The highest BCUT2D eigenvalue weighted by Crippen LogP contribution is 2.17. The Morgan fingerprint density at radius 3 is 2.58 bits per heavy atom. The fraction of sp³-hybridized carbons (Fsp3) is 0.611. The van der Waals surface area contributed by atoms with Crippen molar-refractivity contribution in [2.24, 2.45) is 5.92 Å². The van der Waals surface area contributed by atoms with Crippen molar-refractivity contribution in [3.05, 3.63) is 35.9 Å². The first-order valence-electron chi connectivity index (χ1n) is 8.77. The van der Waals surface area contributed by atoms with Crippen molar-refractivity contribution in [2.75, 3.05) is 25.4 Å². The number of carbonyl (C=O) groups excluding carboxylic acids is 1. The van der Waals surface area contributed by atoms with E-state index < -0.39 is 9.84 Å². The highest BCUT2D eigenvalue weighted by atomic mass is 32.2. The maximum absolute atomic E-state index is 12.1. The summed E-state index contributed by atoms with van der Waals surface area (Å²) >= 11 is 0. The second kappa shape index (κ2) is 9.79. The van der Waals surface area contributed by atoms with Crippen LogP contribution in [0.5, 0.6) is 0 Å². The molecule has 0 spiro atoms. The van der Waals surface area contributed by atoms with Crippen LogP contribution in [-0.2, 0) is 20.4 Å². The van der Waals surface area contributed by atoms with Gasteiger partial charge in [-0.1, -0.05) is 30.3 Å². The standard InChI is InChI=1S/C18H28N2O3S/c21-18(8-7-16-9-12-19-13-10-16)20-11-4-14-24(22,23)15-17-5-2-1-3-6-17/h1-3,5-6,16,19H,4,7-15H2,(H,20,21). The van der Waals surface area contributed by atoms with Crippen molar-refractivity contribution < 1.29 is 13.2 Å². The van der Waals surface area contributed by atoms with Gasteiger partial charge in [0.2, 0.25) is 5.91 Å². The predicted octanol–water partition coefficient (Wildman–Crippen LogP) is 1.89. The van der Waals surface area contributed by atoms with Crippen LogP contribution in [0.15, 0.2) is 30.3 Å². The lowest BCUT2D eigenvalue weighted by molar-refractivity contribution is -0.121. The van der Waals surface area contributed by atoms with Crippen molar-refractivity contribution in [1.29, 1.82) is 0 Å². The van der Waals surface area contributed by atoms with Crippen LogP contribution in [-0.4, -0.2) is 39.7 Å². The molecule has 1 aliphatic heterocycles. The Hall–Kier alpha value is -1.40. The summed E-state index contributed by atoms with van der Waals surface area (Å²) in [4.78, 5) is 11.8. The van der Waals surface area contributed by atoms with Gasteiger partial charge in [0, 0.05) is 13.0 Å². The minimum Gasteiger partial charge on any atom is -0.356 e. The first-order chi connectivity index (χ1) is 11.6. The van der Waals surface area contributed by atoms with E-state index in [0.717, 1.165) is 37.9 Å². The quantitative estimate of drug-likeness (QED) is 0.666. The normalized spacial score (nSPS) is 16.0. The molecule has 0 aliphatic carbocycles. The molecule has 1 fully saturated rings. The second-order valence-electron chi connectivity index (χ2n) is 6.51. The summed E-state index contributed by atoms with van der Waals surface area (Å²) in [6, 6.07) is 9.19. The molecule has 0 unspecified atom stereocenters. The van der Waals surface area contributed by atoms with Gasteiger partial charge in [-0.3, -0.25) is 4.79 Å². The monoisotopic (exact) mass is 352 g/mol. The molecule has 0 atom stereocenters. The smallest absolute Gasteiger partial charge is 0.220 e. The van der Waals surface area contributed by atoms with Crippen LogP contribution in [0.2, 0.25) is 0 Å². The van der Waals surface area contributed by atoms with E-state index in [4.69, 9.17) is 0 Å². The van der Waals surface area contributed by atoms with Gasteiger partial charge in [0.25, 0.3) is 0 Å². The summed E-state index contributed by atoms with van der Waals surface area (Å²) < 4.78 is 24.1. The zero-order valence-electron chi connectivity index (χ0n) is 14.2. The van der Waals surface area contributed by atoms with E-state index in [1.165, 1.54) is 0 Å². The molecule has 134 valence electrons. The topological polar surface area (TPSA) is 75.3 Å². The molecular weight excluding hydrogens is 324 g/mol. The third-order valence-corrected chi connectivity index (χ3v) is 6.11. The van der Waals surface area contributed by atoms with Crippen LogP contribution in [0, 0.1) is 5.92 Å². The van der Waals surface area contributed by atoms with E-state index in [1.54, 1.807) is 0 Å². The van der Waals surface area contributed by atoms with Crippen molar-refractivity contribution in [3.63, 3.8) is 0 Å². The van der Waals surface area contributed by atoms with Crippen molar-refractivity contribution in [3.8, 4) is 0 Å². The zero-order valence-corrected chi connectivity index (χ0v) is 15.0. The third-order valence-electron chi connectivity index (χ3n) is 4.42. The molecule has 5 nitrogen and oxygen atoms in total. The molecule has 0 aromatic heterocycles. The van der Waals surface area contributed by atoms with E-state index in [-0.39, 0.29) is 17.4 Å². The summed E-state index contributed by atoms with van der Waals surface area (Å²) in [6.45, 7) is 2.52. The second-order valence-corrected chi connectivity index (χ2v) is 8.70. The van der Waals surface area contributed by atoms with Gasteiger partial charge in [-0.15, -0.1) is 0 Å². The highest BCUT2D eigenvalue weighted by molar-refractivity contribution is 7.90. The minimum atomic E-state index is -3.12. The minimum absolute atomic E-state index is 0.0361. The fourth-order valence-corrected chi connectivity index (χ4v) is 4.44. The third kappa shape index (κ3) is 7.45. The number of hydrogen-bond acceptors (Lipinski definition) is 4. The molecule has 24 heavy (non-hydrogen) atoms. The van der Waals surface area contributed by atoms with Crippen molar-refractivity contribution >= 4 is 15.7 Å². The molecule has 2 N–H and O–H groups in total. The first-order valence-corrected chi connectivity index (χ1v) is 10.6. The highest BCUT2D eigenvalue weighted by Gasteiger charge is 2.15. The number of hydrogen-bond donors (Lipinski definition) is 2. The molecule has 1 aromatic rings. The lowest BCUT2D eigenvalue weighted by Gasteiger charge is -2.22. The van der Waals surface area contributed by atoms with E-state index >= 15 is 0 Å². The van der Waals surface area contributed by atoms with Crippen molar-refractivity contribution in [1.82, 2.24) is 10.6 Å². The largest absolute Gasteiger partial charge is 0.356 e. The molecule has 1 aromatic carbocycles. The Bertz CT molecular complexity index is 596. The Labute approximate surface area is 145 Å². The number of piperidine rings is 1. The zero-order chi connectivity index (χ0) is 17.3. The summed E-state index contributed by atoms with van der Waals surface area (Å²) in [5.74, 6) is 0.853. The van der Waals surface area contributed by atoms with Gasteiger partial charge < -0.3 is 10.6 Å². The number of rotatable bonds is 9. The number of nitrogens with one attached hydrogen (secondary N) is 2. The van der Waals surface area contributed by atoms with Gasteiger partial charge in [0.05, 0.1) is 11.5 Å². The molecule has 0 bridgehead atoms. The molecule has 6 heteroatoms. The molecule has 1 aliphatic rings. The van der Waals surface area contributed by atoms with Crippen LogP contribution < -0.4 is 10.6 Å². The Morgan fingerprint density at radius 2 is 1.88 bits per heavy atom. The maximum atomic E-state index is 12.1. The van der Waals surface area contributed by atoms with Gasteiger partial charge in [-0.2, -0.15) is 0 Å². The molecule has 2 rings (SSSR count). The van der Waals surface area contributed by atoms with Gasteiger partial charge in [-0.05, 0) is 50.3 Å². The number of amides is 1. The molecule has 0 radical (unpaired) electrons. The van der Waals surface area contributed by atoms with Crippen LogP contribution in [0.4, 0.5) is 0 Å². The lowest BCUT2D eigenvalue weighted by Crippen LogP contribution is -2.30. The van der Waals surface area contributed by atoms with Gasteiger partial charge in [0.1, 0.15) is 0 Å². The van der Waals surface area contributed by atoms with Gasteiger partial charge in [0.15, 0.2) is 9.84 Å². The van der Waals surface area contributed by atoms with E-state index in [2.05, 4.69) is 10.6 Å².